The van der Waals surface area contributed by atoms with Crippen LogP contribution in [0.3, 0.4) is 0 Å². The summed E-state index contributed by atoms with van der Waals surface area (Å²) in [5, 5.41) is 5.59. The number of hydrogen-bond acceptors (Lipinski definition) is 7. The third-order valence-electron chi connectivity index (χ3n) is 5.85. The van der Waals surface area contributed by atoms with Crippen molar-refractivity contribution in [1.82, 2.24) is 24.7 Å². The minimum atomic E-state index is 0.0807. The largest absolute Gasteiger partial charge is 0.373 e. The molecule has 4 aromatic heterocycles. The van der Waals surface area contributed by atoms with E-state index >= 15 is 0 Å². The van der Waals surface area contributed by atoms with Gasteiger partial charge in [-0.2, -0.15) is 5.10 Å². The van der Waals surface area contributed by atoms with E-state index in [2.05, 4.69) is 15.0 Å². The van der Waals surface area contributed by atoms with E-state index in [9.17, 15) is 0 Å². The summed E-state index contributed by atoms with van der Waals surface area (Å²) in [6, 6.07) is 5.91. The van der Waals surface area contributed by atoms with Gasteiger partial charge in [-0.15, -0.1) is 11.3 Å². The first-order valence-corrected chi connectivity index (χ1v) is 11.2. The molecule has 1 aliphatic heterocycles. The second kappa shape index (κ2) is 7.45. The fraction of sp³-hybridized carbons (Fsp3) is 0.364. The number of nitrogens with zero attached hydrogens (tertiary/aromatic N) is 6. The molecule has 0 radical (unpaired) electrons. The summed E-state index contributed by atoms with van der Waals surface area (Å²) >= 11 is 1.83. The van der Waals surface area contributed by atoms with Gasteiger partial charge in [0.25, 0.3) is 0 Å². The Kier molecular flexibility index (Phi) is 4.46. The van der Waals surface area contributed by atoms with Crippen molar-refractivity contribution in [3.8, 4) is 11.4 Å². The molecular formula is C22H22N6OS. The summed E-state index contributed by atoms with van der Waals surface area (Å²) in [4.78, 5) is 19.2. The smallest absolute Gasteiger partial charge is 0.164 e. The summed E-state index contributed by atoms with van der Waals surface area (Å²) in [6.45, 7) is 3.06. The third kappa shape index (κ3) is 3.16. The molecule has 1 unspecified atom stereocenters. The Bertz CT molecular complexity index is 1170. The minimum absolute atomic E-state index is 0.0807. The van der Waals surface area contributed by atoms with Gasteiger partial charge in [-0.3, -0.25) is 9.67 Å². The number of pyridine rings is 1. The highest BCUT2D eigenvalue weighted by Crippen LogP contribution is 2.41. The molecule has 8 heteroatoms. The van der Waals surface area contributed by atoms with Crippen molar-refractivity contribution in [2.75, 3.05) is 24.6 Å². The Labute approximate surface area is 178 Å². The first-order chi connectivity index (χ1) is 14.8. The van der Waals surface area contributed by atoms with E-state index in [0.717, 1.165) is 54.5 Å². The molecule has 2 aliphatic rings. The van der Waals surface area contributed by atoms with Gasteiger partial charge in [0.2, 0.25) is 0 Å². The lowest BCUT2D eigenvalue weighted by Gasteiger charge is -2.34. The van der Waals surface area contributed by atoms with Crippen LogP contribution in [-0.4, -0.2) is 50.5 Å². The number of fused-ring (bicyclic) bond motifs is 3. The van der Waals surface area contributed by atoms with Crippen LogP contribution in [0.5, 0.6) is 0 Å². The summed E-state index contributed by atoms with van der Waals surface area (Å²) in [6.07, 6.45) is 11.0. The molecular weight excluding hydrogens is 396 g/mol. The molecule has 0 aromatic carbocycles. The molecule has 0 amide bonds. The predicted octanol–water partition coefficient (Wildman–Crippen LogP) is 3.34. The first kappa shape index (κ1) is 18.0. The van der Waals surface area contributed by atoms with Crippen LogP contribution in [0.25, 0.3) is 21.6 Å². The standard InChI is InChI=1S/C22H22N6OS/c1-5-17-18(6-1)30-22-19(17)21(25-20(26-22)15-4-2-7-23-12-15)27-10-11-29-16(13-27)14-28-9-3-8-24-28/h2-4,7-9,12,16H,1,5-6,10-11,13-14H2. The number of aryl methyl sites for hydroxylation is 2. The van der Waals surface area contributed by atoms with E-state index in [1.807, 2.05) is 52.8 Å². The van der Waals surface area contributed by atoms with E-state index in [4.69, 9.17) is 14.7 Å². The van der Waals surface area contributed by atoms with Crippen LogP contribution < -0.4 is 4.90 Å². The average molecular weight is 419 g/mol. The number of rotatable bonds is 4. The normalized spacial score (nSPS) is 18.8. The fourth-order valence-corrected chi connectivity index (χ4v) is 5.72. The third-order valence-corrected chi connectivity index (χ3v) is 7.04. The highest BCUT2D eigenvalue weighted by Gasteiger charge is 2.28. The van der Waals surface area contributed by atoms with Crippen LogP contribution in [0.1, 0.15) is 16.9 Å². The zero-order valence-corrected chi connectivity index (χ0v) is 17.4. The van der Waals surface area contributed by atoms with Crippen molar-refractivity contribution in [3.05, 3.63) is 53.4 Å². The molecule has 30 heavy (non-hydrogen) atoms. The second-order valence-electron chi connectivity index (χ2n) is 7.82. The lowest BCUT2D eigenvalue weighted by molar-refractivity contribution is 0.0273. The summed E-state index contributed by atoms with van der Waals surface area (Å²) < 4.78 is 7.99. The van der Waals surface area contributed by atoms with Crippen LogP contribution in [0.2, 0.25) is 0 Å². The topological polar surface area (TPSA) is 69.0 Å². The van der Waals surface area contributed by atoms with Crippen molar-refractivity contribution in [3.63, 3.8) is 0 Å². The number of morpholine rings is 1. The van der Waals surface area contributed by atoms with Crippen molar-refractivity contribution in [1.29, 1.82) is 0 Å². The van der Waals surface area contributed by atoms with E-state index in [1.54, 1.807) is 6.20 Å². The number of thiophene rings is 1. The van der Waals surface area contributed by atoms with E-state index < -0.39 is 0 Å². The Hall–Kier alpha value is -2.84. The van der Waals surface area contributed by atoms with Crippen molar-refractivity contribution >= 4 is 27.4 Å². The van der Waals surface area contributed by atoms with Gasteiger partial charge in [0.15, 0.2) is 5.82 Å². The Balaban J connectivity index is 1.42. The zero-order chi connectivity index (χ0) is 19.9. The van der Waals surface area contributed by atoms with Gasteiger partial charge in [0.05, 0.1) is 24.6 Å². The molecule has 6 rings (SSSR count). The summed E-state index contributed by atoms with van der Waals surface area (Å²) in [7, 11) is 0. The number of hydrogen-bond donors (Lipinski definition) is 0. The molecule has 4 aromatic rings. The van der Waals surface area contributed by atoms with Gasteiger partial charge < -0.3 is 9.64 Å². The molecule has 1 saturated heterocycles. The van der Waals surface area contributed by atoms with E-state index in [-0.39, 0.29) is 6.10 Å². The molecule has 0 saturated carbocycles. The van der Waals surface area contributed by atoms with Gasteiger partial charge in [-0.25, -0.2) is 9.97 Å². The molecule has 7 nitrogen and oxygen atoms in total. The van der Waals surface area contributed by atoms with Crippen LogP contribution in [0.4, 0.5) is 5.82 Å². The molecule has 0 spiro atoms. The monoisotopic (exact) mass is 418 g/mol. The van der Waals surface area contributed by atoms with Crippen LogP contribution in [0, 0.1) is 0 Å². The average Bonchev–Trinajstić information content (AvgIpc) is 3.52. The quantitative estimate of drug-likeness (QED) is 0.506. The molecule has 152 valence electrons. The zero-order valence-electron chi connectivity index (χ0n) is 16.6. The molecule has 0 N–H and O–H groups in total. The highest BCUT2D eigenvalue weighted by molar-refractivity contribution is 7.19. The predicted molar refractivity (Wildman–Crippen MR) is 117 cm³/mol. The molecule has 0 bridgehead atoms. The minimum Gasteiger partial charge on any atom is -0.373 e. The lowest BCUT2D eigenvalue weighted by atomic mass is 10.1. The first-order valence-electron chi connectivity index (χ1n) is 10.4. The SMILES string of the molecule is c1cncc(-c2nc(N3CCOC(Cn4cccn4)C3)c3c4c(sc3n2)CCC4)c1. The maximum atomic E-state index is 6.05. The fourth-order valence-electron chi connectivity index (χ4n) is 4.47. The molecule has 1 aliphatic carbocycles. The Morgan fingerprint density at radius 1 is 1.17 bits per heavy atom. The van der Waals surface area contributed by atoms with Gasteiger partial charge in [0.1, 0.15) is 10.6 Å². The number of ether oxygens (including phenoxy) is 1. The molecule has 1 fully saturated rings. The van der Waals surface area contributed by atoms with Gasteiger partial charge in [-0.05, 0) is 43.0 Å². The molecule has 1 atom stereocenters. The van der Waals surface area contributed by atoms with Gasteiger partial charge in [0, 0.05) is 48.3 Å². The van der Waals surface area contributed by atoms with Gasteiger partial charge >= 0.3 is 0 Å². The number of anilines is 1. The molecule has 5 heterocycles. The van der Waals surface area contributed by atoms with Crippen LogP contribution in [-0.2, 0) is 24.1 Å². The Morgan fingerprint density at radius 2 is 2.17 bits per heavy atom. The maximum Gasteiger partial charge on any atom is 0.164 e. The van der Waals surface area contributed by atoms with E-state index in [0.29, 0.717) is 6.61 Å². The van der Waals surface area contributed by atoms with Crippen LogP contribution in [0.15, 0.2) is 43.0 Å². The summed E-state index contributed by atoms with van der Waals surface area (Å²) in [5.41, 5.74) is 2.41. The van der Waals surface area contributed by atoms with Crippen LogP contribution >= 0.6 is 11.3 Å². The highest BCUT2D eigenvalue weighted by atomic mass is 32.1. The van der Waals surface area contributed by atoms with Gasteiger partial charge in [-0.1, -0.05) is 0 Å². The van der Waals surface area contributed by atoms with Crippen molar-refractivity contribution in [2.45, 2.75) is 31.9 Å². The van der Waals surface area contributed by atoms with Crippen molar-refractivity contribution < 1.29 is 4.74 Å². The summed E-state index contributed by atoms with van der Waals surface area (Å²) in [5.74, 6) is 1.80. The van der Waals surface area contributed by atoms with E-state index in [1.165, 1.54) is 22.2 Å². The number of aromatic nitrogens is 5. The second-order valence-corrected chi connectivity index (χ2v) is 8.90. The Morgan fingerprint density at radius 3 is 3.03 bits per heavy atom. The lowest BCUT2D eigenvalue weighted by Crippen LogP contribution is -2.44. The maximum absolute atomic E-state index is 6.05. The van der Waals surface area contributed by atoms with Crippen molar-refractivity contribution in [2.24, 2.45) is 0 Å².